The zero-order valence-electron chi connectivity index (χ0n) is 14.0. The minimum absolute atomic E-state index is 0.123. The van der Waals surface area contributed by atoms with E-state index >= 15 is 0 Å². The summed E-state index contributed by atoms with van der Waals surface area (Å²) in [6.07, 6.45) is 3.09. The van der Waals surface area contributed by atoms with Crippen LogP contribution >= 0.6 is 35.4 Å². The van der Waals surface area contributed by atoms with Crippen LogP contribution in [0.1, 0.15) is 17.3 Å². The van der Waals surface area contributed by atoms with E-state index in [1.54, 1.807) is 42.7 Å². The van der Waals surface area contributed by atoms with E-state index in [2.05, 4.69) is 5.10 Å². The quantitative estimate of drug-likeness (QED) is 0.332. The number of nitrogens with zero attached hydrogens (tertiary/aromatic N) is 2. The van der Waals surface area contributed by atoms with Gasteiger partial charge in [-0.3, -0.25) is 0 Å². The molecular formula is C18H15Cl2N3O3S. The average Bonchev–Trinajstić information content (AvgIpc) is 3.31. The molecule has 0 spiro atoms. The molecular weight excluding hydrogens is 409 g/mol. The van der Waals surface area contributed by atoms with Crippen molar-refractivity contribution in [2.75, 3.05) is 0 Å². The normalized spacial score (nSPS) is 11.0. The number of halogens is 2. The summed E-state index contributed by atoms with van der Waals surface area (Å²) >= 11 is 16.8. The average molecular weight is 424 g/mol. The maximum absolute atomic E-state index is 5.96. The molecule has 27 heavy (non-hydrogen) atoms. The predicted octanol–water partition coefficient (Wildman–Crippen LogP) is 4.84. The minimum atomic E-state index is 0.123. The molecule has 3 rings (SSSR count). The maximum Gasteiger partial charge on any atom is 0.187 e. The van der Waals surface area contributed by atoms with Gasteiger partial charge >= 0.3 is 0 Å². The molecule has 140 valence electrons. The molecule has 0 aliphatic rings. The molecule has 2 aromatic heterocycles. The lowest BCUT2D eigenvalue weighted by Gasteiger charge is -2.14. The van der Waals surface area contributed by atoms with Crippen molar-refractivity contribution in [2.24, 2.45) is 10.8 Å². The molecule has 0 saturated heterocycles. The van der Waals surface area contributed by atoms with Crippen molar-refractivity contribution in [3.63, 3.8) is 0 Å². The smallest absolute Gasteiger partial charge is 0.187 e. The summed E-state index contributed by atoms with van der Waals surface area (Å²) in [5.41, 5.74) is 5.69. The third-order valence-corrected chi connectivity index (χ3v) is 4.37. The summed E-state index contributed by atoms with van der Waals surface area (Å²) < 4.78 is 16.6. The highest BCUT2D eigenvalue weighted by Gasteiger charge is 2.08. The number of hydrogen-bond acceptors (Lipinski definition) is 5. The second kappa shape index (κ2) is 8.94. The Morgan fingerprint density at radius 3 is 2.74 bits per heavy atom. The predicted molar refractivity (Wildman–Crippen MR) is 108 cm³/mol. The van der Waals surface area contributed by atoms with E-state index < -0.39 is 0 Å². The molecule has 0 radical (unpaired) electrons. The highest BCUT2D eigenvalue weighted by atomic mass is 35.5. The van der Waals surface area contributed by atoms with Gasteiger partial charge in [0.25, 0.3) is 0 Å². The lowest BCUT2D eigenvalue weighted by atomic mass is 10.3. The van der Waals surface area contributed by atoms with Crippen LogP contribution in [0.3, 0.4) is 0 Å². The van der Waals surface area contributed by atoms with Gasteiger partial charge in [-0.1, -0.05) is 23.2 Å². The van der Waals surface area contributed by atoms with Gasteiger partial charge in [0, 0.05) is 6.07 Å². The van der Waals surface area contributed by atoms with E-state index in [0.717, 1.165) is 0 Å². The molecule has 6 nitrogen and oxygen atoms in total. The van der Waals surface area contributed by atoms with Gasteiger partial charge in [0.15, 0.2) is 5.11 Å². The second-order valence-corrected chi connectivity index (χ2v) is 6.62. The van der Waals surface area contributed by atoms with Crippen molar-refractivity contribution in [3.8, 4) is 5.75 Å². The number of benzene rings is 1. The zero-order chi connectivity index (χ0) is 19.2. The van der Waals surface area contributed by atoms with Gasteiger partial charge in [0.05, 0.1) is 22.5 Å². The largest absolute Gasteiger partial charge is 0.486 e. The van der Waals surface area contributed by atoms with Gasteiger partial charge in [-0.05, 0) is 48.6 Å². The molecule has 0 unspecified atom stereocenters. The fourth-order valence-electron chi connectivity index (χ4n) is 2.11. The summed E-state index contributed by atoms with van der Waals surface area (Å²) in [4.78, 5) is 0. The van der Waals surface area contributed by atoms with Crippen molar-refractivity contribution in [1.29, 1.82) is 0 Å². The third kappa shape index (κ3) is 5.50. The monoisotopic (exact) mass is 423 g/mol. The maximum atomic E-state index is 5.96. The van der Waals surface area contributed by atoms with Gasteiger partial charge in [0.2, 0.25) is 0 Å². The Morgan fingerprint density at radius 2 is 2.04 bits per heavy atom. The Labute approximate surface area is 171 Å². The van der Waals surface area contributed by atoms with Crippen molar-refractivity contribution in [2.45, 2.75) is 13.2 Å². The van der Waals surface area contributed by atoms with E-state index in [4.69, 9.17) is 54.7 Å². The first-order chi connectivity index (χ1) is 13.0. The number of hydrogen-bond donors (Lipinski definition) is 1. The van der Waals surface area contributed by atoms with E-state index in [0.29, 0.717) is 39.6 Å². The van der Waals surface area contributed by atoms with Crippen molar-refractivity contribution in [3.05, 3.63) is 76.1 Å². The Bertz CT molecular complexity index is 941. The lowest BCUT2D eigenvalue weighted by Crippen LogP contribution is -2.30. The molecule has 2 N–H and O–H groups in total. The van der Waals surface area contributed by atoms with Crippen molar-refractivity contribution < 1.29 is 13.6 Å². The number of hydrazone groups is 1. The van der Waals surface area contributed by atoms with Crippen LogP contribution in [-0.4, -0.2) is 16.3 Å². The van der Waals surface area contributed by atoms with Gasteiger partial charge in [-0.25, -0.2) is 5.01 Å². The van der Waals surface area contributed by atoms with Crippen LogP contribution < -0.4 is 10.5 Å². The fraction of sp³-hybridized carbons (Fsp3) is 0.111. The molecule has 0 amide bonds. The molecule has 0 bridgehead atoms. The minimum Gasteiger partial charge on any atom is -0.486 e. The molecule has 2 heterocycles. The van der Waals surface area contributed by atoms with Gasteiger partial charge in [0.1, 0.15) is 36.2 Å². The number of thiocarbonyl (C=S) groups is 1. The highest BCUT2D eigenvalue weighted by Crippen LogP contribution is 2.26. The molecule has 0 fully saturated rings. The van der Waals surface area contributed by atoms with E-state index in [1.165, 1.54) is 11.2 Å². The van der Waals surface area contributed by atoms with E-state index in [1.807, 2.05) is 6.07 Å². The first kappa shape index (κ1) is 19.3. The molecule has 0 aliphatic carbocycles. The van der Waals surface area contributed by atoms with Gasteiger partial charge < -0.3 is 19.3 Å². The summed E-state index contributed by atoms with van der Waals surface area (Å²) in [5.74, 6) is 2.43. The van der Waals surface area contributed by atoms with Crippen LogP contribution in [0.4, 0.5) is 0 Å². The molecule has 0 atom stereocenters. The number of furan rings is 2. The van der Waals surface area contributed by atoms with E-state index in [-0.39, 0.29) is 11.7 Å². The Morgan fingerprint density at radius 1 is 1.19 bits per heavy atom. The highest BCUT2D eigenvalue weighted by molar-refractivity contribution is 7.80. The Hall–Kier alpha value is -2.48. The van der Waals surface area contributed by atoms with Gasteiger partial charge in [-0.15, -0.1) is 0 Å². The van der Waals surface area contributed by atoms with Gasteiger partial charge in [-0.2, -0.15) is 5.10 Å². The van der Waals surface area contributed by atoms with Crippen LogP contribution in [0.15, 0.2) is 62.7 Å². The SMILES string of the molecule is NC(=S)N(Cc1ccco1)N=Cc1ccc(COc2ccc(Cl)c(Cl)c2)o1. The molecule has 3 aromatic rings. The standard InChI is InChI=1S/C18H15Cl2N3O3S/c19-16-6-5-12(8-17(16)20)25-11-15-4-3-13(26-15)9-22-23(18(21)27)10-14-2-1-7-24-14/h1-9H,10-11H2,(H2,21,27). The van der Waals surface area contributed by atoms with Crippen molar-refractivity contribution >= 4 is 46.7 Å². The van der Waals surface area contributed by atoms with Crippen LogP contribution in [-0.2, 0) is 13.2 Å². The Balaban J connectivity index is 1.59. The molecule has 9 heteroatoms. The number of nitrogens with two attached hydrogens (primary N) is 1. The lowest BCUT2D eigenvalue weighted by molar-refractivity contribution is 0.269. The zero-order valence-corrected chi connectivity index (χ0v) is 16.3. The second-order valence-electron chi connectivity index (χ2n) is 5.39. The van der Waals surface area contributed by atoms with Crippen LogP contribution in [0.25, 0.3) is 0 Å². The fourth-order valence-corrected chi connectivity index (χ4v) is 2.51. The van der Waals surface area contributed by atoms with Crippen LogP contribution in [0, 0.1) is 0 Å². The first-order valence-corrected chi connectivity index (χ1v) is 8.97. The molecule has 0 aliphatic heterocycles. The van der Waals surface area contributed by atoms with Crippen molar-refractivity contribution in [1.82, 2.24) is 5.01 Å². The summed E-state index contributed by atoms with van der Waals surface area (Å²) in [7, 11) is 0. The van der Waals surface area contributed by atoms with Crippen LogP contribution in [0.5, 0.6) is 5.75 Å². The van der Waals surface area contributed by atoms with E-state index in [9.17, 15) is 0 Å². The first-order valence-electron chi connectivity index (χ1n) is 7.81. The topological polar surface area (TPSA) is 77.1 Å². The molecule has 0 saturated carbocycles. The summed E-state index contributed by atoms with van der Waals surface area (Å²) in [6, 6.07) is 12.2. The summed E-state index contributed by atoms with van der Waals surface area (Å²) in [6.45, 7) is 0.560. The third-order valence-electron chi connectivity index (χ3n) is 3.42. The summed E-state index contributed by atoms with van der Waals surface area (Å²) in [5, 5.41) is 6.69. The molecule has 1 aromatic carbocycles. The number of ether oxygens (including phenoxy) is 1. The Kier molecular flexibility index (Phi) is 6.39. The number of rotatable bonds is 7. The van der Waals surface area contributed by atoms with Crippen LogP contribution in [0.2, 0.25) is 10.0 Å².